The topological polar surface area (TPSA) is 53.6 Å². The lowest BCUT2D eigenvalue weighted by molar-refractivity contribution is 0.123. The van der Waals surface area contributed by atoms with Crippen LogP contribution in [0.5, 0.6) is 0 Å². The van der Waals surface area contributed by atoms with Gasteiger partial charge in [0.25, 0.3) is 0 Å². The molecule has 1 aromatic rings. The molecule has 0 bridgehead atoms. The normalized spacial score (nSPS) is 24.5. The number of anilines is 2. The molecule has 2 amide bonds. The van der Waals surface area contributed by atoms with Gasteiger partial charge in [0, 0.05) is 24.2 Å². The van der Waals surface area contributed by atoms with E-state index in [2.05, 4.69) is 22.5 Å². The first-order valence-corrected chi connectivity index (χ1v) is 9.21. The zero-order valence-corrected chi connectivity index (χ0v) is 14.9. The van der Waals surface area contributed by atoms with Crippen LogP contribution in [0, 0.1) is 5.92 Å². The van der Waals surface area contributed by atoms with E-state index in [0.29, 0.717) is 24.2 Å². The molecule has 1 saturated heterocycles. The first kappa shape index (κ1) is 17.4. The van der Waals surface area contributed by atoms with Crippen molar-refractivity contribution < 1.29 is 9.53 Å². The molecule has 1 saturated carbocycles. The van der Waals surface area contributed by atoms with Gasteiger partial charge in [-0.2, -0.15) is 0 Å². The molecule has 0 radical (unpaired) electrons. The largest absolute Gasteiger partial charge is 0.378 e. The Labute approximate surface area is 148 Å². The second-order valence-corrected chi connectivity index (χ2v) is 7.16. The van der Waals surface area contributed by atoms with Crippen molar-refractivity contribution in [1.82, 2.24) is 5.32 Å². The molecule has 1 heterocycles. The number of carbonyl (C=O) groups is 1. The van der Waals surface area contributed by atoms with Gasteiger partial charge in [0.1, 0.15) is 0 Å². The summed E-state index contributed by atoms with van der Waals surface area (Å²) < 4.78 is 5.41. The number of nitrogens with one attached hydrogen (secondary N) is 2. The average molecular weight is 352 g/mol. The van der Waals surface area contributed by atoms with Gasteiger partial charge in [-0.05, 0) is 37.0 Å². The highest BCUT2D eigenvalue weighted by Gasteiger charge is 2.23. The van der Waals surface area contributed by atoms with Gasteiger partial charge < -0.3 is 20.3 Å². The smallest absolute Gasteiger partial charge is 0.319 e. The number of urea groups is 1. The highest BCUT2D eigenvalue weighted by Crippen LogP contribution is 2.30. The third kappa shape index (κ3) is 4.33. The van der Waals surface area contributed by atoms with Crippen molar-refractivity contribution >= 4 is 29.0 Å². The van der Waals surface area contributed by atoms with Crippen molar-refractivity contribution in [2.24, 2.45) is 5.92 Å². The summed E-state index contributed by atoms with van der Waals surface area (Å²) in [7, 11) is 0. The van der Waals surface area contributed by atoms with E-state index in [-0.39, 0.29) is 12.1 Å². The maximum absolute atomic E-state index is 12.5. The number of hydrogen-bond donors (Lipinski definition) is 2. The van der Waals surface area contributed by atoms with Crippen molar-refractivity contribution in [2.75, 3.05) is 36.5 Å². The van der Waals surface area contributed by atoms with Gasteiger partial charge in [-0.1, -0.05) is 31.4 Å². The Morgan fingerprint density at radius 3 is 2.75 bits per heavy atom. The predicted molar refractivity (Wildman–Crippen MR) is 98.1 cm³/mol. The molecule has 0 spiro atoms. The van der Waals surface area contributed by atoms with E-state index in [1.165, 1.54) is 19.3 Å². The van der Waals surface area contributed by atoms with Crippen LogP contribution in [0.15, 0.2) is 18.2 Å². The van der Waals surface area contributed by atoms with E-state index in [1.54, 1.807) is 0 Å². The number of benzene rings is 1. The SMILES string of the molecule is CC1CCCCC1NC(=O)Nc1cc(Cl)ccc1N1CCOCC1. The summed E-state index contributed by atoms with van der Waals surface area (Å²) in [5.74, 6) is 0.530. The van der Waals surface area contributed by atoms with Crippen LogP contribution in [0.3, 0.4) is 0 Å². The van der Waals surface area contributed by atoms with Crippen LogP contribution < -0.4 is 15.5 Å². The molecule has 2 atom stereocenters. The van der Waals surface area contributed by atoms with Gasteiger partial charge in [-0.25, -0.2) is 4.79 Å². The molecule has 1 aliphatic carbocycles. The van der Waals surface area contributed by atoms with Crippen LogP contribution in [0.25, 0.3) is 0 Å². The van der Waals surface area contributed by atoms with Crippen LogP contribution in [-0.2, 0) is 4.74 Å². The summed E-state index contributed by atoms with van der Waals surface area (Å²) in [5, 5.41) is 6.75. The number of amides is 2. The highest BCUT2D eigenvalue weighted by molar-refractivity contribution is 6.31. The Hall–Kier alpha value is -1.46. The maximum Gasteiger partial charge on any atom is 0.319 e. The van der Waals surface area contributed by atoms with Crippen molar-refractivity contribution in [3.8, 4) is 0 Å². The fourth-order valence-corrected chi connectivity index (χ4v) is 3.72. The Balaban J connectivity index is 1.68. The minimum Gasteiger partial charge on any atom is -0.378 e. The average Bonchev–Trinajstić information content (AvgIpc) is 2.58. The van der Waals surface area contributed by atoms with Crippen molar-refractivity contribution in [1.29, 1.82) is 0 Å². The molecule has 3 rings (SSSR count). The summed E-state index contributed by atoms with van der Waals surface area (Å²) in [6, 6.07) is 5.75. The number of morpholine rings is 1. The van der Waals surface area contributed by atoms with Gasteiger partial charge in [-0.3, -0.25) is 0 Å². The molecular weight excluding hydrogens is 326 g/mol. The highest BCUT2D eigenvalue weighted by atomic mass is 35.5. The fourth-order valence-electron chi connectivity index (χ4n) is 3.55. The molecule has 0 aromatic heterocycles. The Bertz CT molecular complexity index is 575. The Morgan fingerprint density at radius 1 is 1.25 bits per heavy atom. The summed E-state index contributed by atoms with van der Waals surface area (Å²) in [6.45, 7) is 5.25. The number of ether oxygens (including phenoxy) is 1. The van der Waals surface area contributed by atoms with Gasteiger partial charge in [0.2, 0.25) is 0 Å². The van der Waals surface area contributed by atoms with E-state index < -0.39 is 0 Å². The number of nitrogens with zero attached hydrogens (tertiary/aromatic N) is 1. The zero-order chi connectivity index (χ0) is 16.9. The molecule has 2 unspecified atom stereocenters. The third-order valence-electron chi connectivity index (χ3n) is 4.99. The molecule has 1 aromatic carbocycles. The van der Waals surface area contributed by atoms with Crippen molar-refractivity contribution in [3.05, 3.63) is 23.2 Å². The van der Waals surface area contributed by atoms with Crippen LogP contribution in [0.2, 0.25) is 5.02 Å². The molecule has 2 aliphatic rings. The van der Waals surface area contributed by atoms with Gasteiger partial charge in [0.15, 0.2) is 0 Å². The molecule has 5 nitrogen and oxygen atoms in total. The van der Waals surface area contributed by atoms with Gasteiger partial charge in [0.05, 0.1) is 24.6 Å². The minimum absolute atomic E-state index is 0.148. The lowest BCUT2D eigenvalue weighted by Crippen LogP contribution is -2.43. The molecule has 2 fully saturated rings. The summed E-state index contributed by atoms with van der Waals surface area (Å²) in [5.41, 5.74) is 1.75. The second-order valence-electron chi connectivity index (χ2n) is 6.73. The van der Waals surface area contributed by atoms with Crippen LogP contribution >= 0.6 is 11.6 Å². The summed E-state index contributed by atoms with van der Waals surface area (Å²) in [4.78, 5) is 14.7. The second kappa shape index (κ2) is 8.08. The van der Waals surface area contributed by atoms with E-state index in [9.17, 15) is 4.79 Å². The lowest BCUT2D eigenvalue weighted by Gasteiger charge is -2.32. The zero-order valence-electron chi connectivity index (χ0n) is 14.2. The fraction of sp³-hybridized carbons (Fsp3) is 0.611. The maximum atomic E-state index is 12.5. The quantitative estimate of drug-likeness (QED) is 0.869. The molecule has 6 heteroatoms. The number of halogens is 1. The van der Waals surface area contributed by atoms with E-state index in [0.717, 1.165) is 30.9 Å². The summed E-state index contributed by atoms with van der Waals surface area (Å²) >= 11 is 6.14. The lowest BCUT2D eigenvalue weighted by atomic mass is 9.86. The van der Waals surface area contributed by atoms with Gasteiger partial charge in [-0.15, -0.1) is 0 Å². The first-order valence-electron chi connectivity index (χ1n) is 8.83. The molecule has 132 valence electrons. The van der Waals surface area contributed by atoms with E-state index in [4.69, 9.17) is 16.3 Å². The number of rotatable bonds is 3. The molecule has 1 aliphatic heterocycles. The van der Waals surface area contributed by atoms with Crippen LogP contribution in [0.1, 0.15) is 32.6 Å². The van der Waals surface area contributed by atoms with Crippen molar-refractivity contribution in [3.63, 3.8) is 0 Å². The van der Waals surface area contributed by atoms with Crippen LogP contribution in [0.4, 0.5) is 16.2 Å². The minimum atomic E-state index is -0.148. The third-order valence-corrected chi connectivity index (χ3v) is 5.22. The monoisotopic (exact) mass is 351 g/mol. The van der Waals surface area contributed by atoms with Crippen LogP contribution in [-0.4, -0.2) is 38.4 Å². The van der Waals surface area contributed by atoms with E-state index >= 15 is 0 Å². The summed E-state index contributed by atoms with van der Waals surface area (Å²) in [6.07, 6.45) is 4.68. The first-order chi connectivity index (χ1) is 11.6. The Kier molecular flexibility index (Phi) is 5.85. The standard InChI is InChI=1S/C18H26ClN3O2/c1-13-4-2-3-5-15(13)20-18(23)21-16-12-14(19)6-7-17(16)22-8-10-24-11-9-22/h6-7,12-13,15H,2-5,8-11H2,1H3,(H2,20,21,23). The Morgan fingerprint density at radius 2 is 2.00 bits per heavy atom. The number of carbonyl (C=O) groups excluding carboxylic acids is 1. The molecular formula is C18H26ClN3O2. The molecule has 2 N–H and O–H groups in total. The predicted octanol–water partition coefficient (Wildman–Crippen LogP) is 3.88. The van der Waals surface area contributed by atoms with E-state index in [1.807, 2.05) is 18.2 Å². The van der Waals surface area contributed by atoms with Crippen molar-refractivity contribution in [2.45, 2.75) is 38.6 Å². The number of hydrogen-bond acceptors (Lipinski definition) is 3. The van der Waals surface area contributed by atoms with Gasteiger partial charge >= 0.3 is 6.03 Å². The molecule has 24 heavy (non-hydrogen) atoms.